The Morgan fingerprint density at radius 1 is 0.946 bits per heavy atom. The summed E-state index contributed by atoms with van der Waals surface area (Å²) in [5.74, 6) is -0.253. The third kappa shape index (κ3) is 5.26. The fraction of sp³-hybridized carbons (Fsp3) is 0.344. The Kier molecular flexibility index (Phi) is 7.57. The highest BCUT2D eigenvalue weighted by atomic mass is 35.5. The molecule has 0 N–H and O–H groups in total. The van der Waals surface area contributed by atoms with Crippen molar-refractivity contribution in [2.24, 2.45) is 10.9 Å². The fourth-order valence-corrected chi connectivity index (χ4v) is 5.83. The van der Waals surface area contributed by atoms with E-state index in [1.165, 1.54) is 0 Å². The number of fused-ring (bicyclic) bond motifs is 2. The van der Waals surface area contributed by atoms with Gasteiger partial charge in [0.05, 0.1) is 23.3 Å². The number of nitrogens with zero attached hydrogens (tertiary/aromatic N) is 2. The van der Waals surface area contributed by atoms with Gasteiger partial charge in [0.2, 0.25) is 5.91 Å². The Morgan fingerprint density at radius 3 is 2.38 bits per heavy atom. The molecule has 1 aliphatic carbocycles. The summed E-state index contributed by atoms with van der Waals surface area (Å²) >= 11 is 6.13. The second kappa shape index (κ2) is 11.0. The molecule has 3 unspecified atom stereocenters. The molecule has 190 valence electrons. The summed E-state index contributed by atoms with van der Waals surface area (Å²) in [5, 5.41) is 0.682. The standard InChI is InChI=1S/C32H33ClN2O2/c1-3-4-5-10-30(37)35-28-9-7-6-8-26(28)34-27-19-24(22-15-17-25(33)18-16-22)20-29(36)31(27)32(35)23-13-11-21(2)12-14-23/h6-9,11-18,24,31-32H,3-5,10,19-20H2,1-2H3. The minimum absolute atomic E-state index is 0.0393. The first-order valence-corrected chi connectivity index (χ1v) is 13.7. The van der Waals surface area contributed by atoms with E-state index in [2.05, 4.69) is 38.1 Å². The Hall–Kier alpha value is -3.24. The predicted molar refractivity (Wildman–Crippen MR) is 151 cm³/mol. The average molecular weight is 513 g/mol. The Bertz CT molecular complexity index is 1310. The number of Topliss-reactive ketones (excluding diaryl/α,β-unsaturated/α-hetero) is 1. The van der Waals surface area contributed by atoms with Gasteiger partial charge in [0.25, 0.3) is 0 Å². The van der Waals surface area contributed by atoms with Gasteiger partial charge in [-0.1, -0.05) is 85.5 Å². The summed E-state index contributed by atoms with van der Waals surface area (Å²) in [5.41, 5.74) is 5.61. The SMILES string of the molecule is CCCCCC(=O)N1c2ccccc2N=C2CC(c3ccc(Cl)cc3)CC(=O)C2C1c1ccc(C)cc1. The largest absolute Gasteiger partial charge is 0.302 e. The van der Waals surface area contributed by atoms with Crippen LogP contribution in [0.25, 0.3) is 0 Å². The van der Waals surface area contributed by atoms with Crippen molar-refractivity contribution in [1.82, 2.24) is 0 Å². The van der Waals surface area contributed by atoms with Gasteiger partial charge in [0.1, 0.15) is 5.78 Å². The van der Waals surface area contributed by atoms with Crippen molar-refractivity contribution in [1.29, 1.82) is 0 Å². The van der Waals surface area contributed by atoms with E-state index < -0.39 is 12.0 Å². The molecular formula is C32H33ClN2O2. The first-order valence-electron chi connectivity index (χ1n) is 13.3. The number of halogens is 1. The number of hydrogen-bond donors (Lipinski definition) is 0. The van der Waals surface area contributed by atoms with Gasteiger partial charge in [-0.15, -0.1) is 0 Å². The van der Waals surface area contributed by atoms with Crippen molar-refractivity contribution in [2.75, 3.05) is 4.90 Å². The summed E-state index contributed by atoms with van der Waals surface area (Å²) in [6.45, 7) is 4.19. The highest BCUT2D eigenvalue weighted by Crippen LogP contribution is 2.47. The molecule has 37 heavy (non-hydrogen) atoms. The molecule has 3 atom stereocenters. The highest BCUT2D eigenvalue weighted by Gasteiger charge is 2.46. The van der Waals surface area contributed by atoms with E-state index in [0.717, 1.165) is 53.0 Å². The second-order valence-electron chi connectivity index (χ2n) is 10.3. The number of aliphatic imine (C=N–C) groups is 1. The summed E-state index contributed by atoms with van der Waals surface area (Å²) in [7, 11) is 0. The van der Waals surface area contributed by atoms with Crippen LogP contribution >= 0.6 is 11.6 Å². The molecule has 0 bridgehead atoms. The summed E-state index contributed by atoms with van der Waals surface area (Å²) in [4.78, 5) is 34.9. The van der Waals surface area contributed by atoms with Gasteiger partial charge in [0.15, 0.2) is 0 Å². The van der Waals surface area contributed by atoms with E-state index in [1.54, 1.807) is 0 Å². The number of unbranched alkanes of at least 4 members (excludes halogenated alkanes) is 2. The lowest BCUT2D eigenvalue weighted by Crippen LogP contribution is -2.45. The van der Waals surface area contributed by atoms with Crippen LogP contribution in [0.2, 0.25) is 5.02 Å². The Labute approximate surface area is 224 Å². The molecule has 5 rings (SSSR count). The molecule has 1 saturated carbocycles. The zero-order chi connectivity index (χ0) is 25.9. The number of aryl methyl sites for hydroxylation is 1. The minimum Gasteiger partial charge on any atom is -0.302 e. The van der Waals surface area contributed by atoms with E-state index in [4.69, 9.17) is 16.6 Å². The van der Waals surface area contributed by atoms with E-state index >= 15 is 0 Å². The monoisotopic (exact) mass is 512 g/mol. The number of carbonyl (C=O) groups is 2. The molecule has 0 radical (unpaired) electrons. The van der Waals surface area contributed by atoms with Crippen LogP contribution in [0.15, 0.2) is 77.8 Å². The lowest BCUT2D eigenvalue weighted by atomic mass is 9.72. The molecular weight excluding hydrogens is 480 g/mol. The first-order chi connectivity index (χ1) is 18.0. The summed E-state index contributed by atoms with van der Waals surface area (Å²) < 4.78 is 0. The van der Waals surface area contributed by atoms with E-state index in [1.807, 2.05) is 53.4 Å². The highest BCUT2D eigenvalue weighted by molar-refractivity contribution is 6.30. The first kappa shape index (κ1) is 25.4. The molecule has 3 aromatic rings. The van der Waals surface area contributed by atoms with Gasteiger partial charge in [-0.25, -0.2) is 0 Å². The van der Waals surface area contributed by atoms with Crippen LogP contribution in [-0.2, 0) is 9.59 Å². The van der Waals surface area contributed by atoms with Crippen LogP contribution in [0, 0.1) is 12.8 Å². The predicted octanol–water partition coefficient (Wildman–Crippen LogP) is 8.15. The third-order valence-corrected chi connectivity index (χ3v) is 7.88. The number of rotatable bonds is 6. The van der Waals surface area contributed by atoms with Gasteiger partial charge in [-0.3, -0.25) is 14.6 Å². The molecule has 3 aromatic carbocycles. The lowest BCUT2D eigenvalue weighted by molar-refractivity contribution is -0.123. The Morgan fingerprint density at radius 2 is 1.65 bits per heavy atom. The maximum atomic E-state index is 14.0. The number of para-hydroxylation sites is 2. The van der Waals surface area contributed by atoms with E-state index in [0.29, 0.717) is 24.3 Å². The molecule has 1 aliphatic heterocycles. The number of benzene rings is 3. The normalized spacial score (nSPS) is 21.1. The number of ketones is 1. The van der Waals surface area contributed by atoms with Crippen molar-refractivity contribution in [3.8, 4) is 0 Å². The van der Waals surface area contributed by atoms with Gasteiger partial charge in [-0.2, -0.15) is 0 Å². The molecule has 0 spiro atoms. The van der Waals surface area contributed by atoms with Crippen molar-refractivity contribution < 1.29 is 9.59 Å². The summed E-state index contributed by atoms with van der Waals surface area (Å²) in [6, 6.07) is 23.4. The lowest BCUT2D eigenvalue weighted by Gasteiger charge is -2.39. The molecule has 5 heteroatoms. The van der Waals surface area contributed by atoms with Crippen molar-refractivity contribution in [2.45, 2.75) is 64.3 Å². The van der Waals surface area contributed by atoms with Crippen molar-refractivity contribution in [3.63, 3.8) is 0 Å². The topological polar surface area (TPSA) is 49.7 Å². The Balaban J connectivity index is 1.62. The number of anilines is 1. The van der Waals surface area contributed by atoms with Gasteiger partial charge >= 0.3 is 0 Å². The van der Waals surface area contributed by atoms with Crippen molar-refractivity contribution >= 4 is 40.4 Å². The molecule has 0 saturated heterocycles. The van der Waals surface area contributed by atoms with E-state index in [9.17, 15) is 9.59 Å². The zero-order valence-electron chi connectivity index (χ0n) is 21.5. The molecule has 4 nitrogen and oxygen atoms in total. The van der Waals surface area contributed by atoms with Crippen molar-refractivity contribution in [3.05, 3.63) is 94.5 Å². The van der Waals surface area contributed by atoms with Gasteiger partial charge in [-0.05, 0) is 61.1 Å². The fourth-order valence-electron chi connectivity index (χ4n) is 5.71. The maximum absolute atomic E-state index is 14.0. The quantitative estimate of drug-likeness (QED) is 0.313. The molecule has 1 heterocycles. The van der Waals surface area contributed by atoms with Crippen LogP contribution in [-0.4, -0.2) is 17.4 Å². The smallest absolute Gasteiger partial charge is 0.227 e. The summed E-state index contributed by atoms with van der Waals surface area (Å²) in [6.07, 6.45) is 4.43. The van der Waals surface area contributed by atoms with Crippen LogP contribution in [0.5, 0.6) is 0 Å². The molecule has 2 aliphatic rings. The molecule has 0 aromatic heterocycles. The third-order valence-electron chi connectivity index (χ3n) is 7.63. The van der Waals surface area contributed by atoms with Crippen LogP contribution in [0.3, 0.4) is 0 Å². The average Bonchev–Trinajstić information content (AvgIpc) is 3.04. The van der Waals surface area contributed by atoms with Crippen LogP contribution in [0.1, 0.15) is 74.1 Å². The van der Waals surface area contributed by atoms with Crippen LogP contribution in [0.4, 0.5) is 11.4 Å². The number of amides is 1. The maximum Gasteiger partial charge on any atom is 0.227 e. The second-order valence-corrected chi connectivity index (χ2v) is 10.7. The minimum atomic E-state index is -0.478. The van der Waals surface area contributed by atoms with Gasteiger partial charge in [0, 0.05) is 23.6 Å². The van der Waals surface area contributed by atoms with E-state index in [-0.39, 0.29) is 17.6 Å². The zero-order valence-corrected chi connectivity index (χ0v) is 22.2. The molecule has 1 amide bonds. The van der Waals surface area contributed by atoms with Crippen LogP contribution < -0.4 is 4.90 Å². The number of hydrogen-bond acceptors (Lipinski definition) is 3. The van der Waals surface area contributed by atoms with Gasteiger partial charge < -0.3 is 4.90 Å². The number of carbonyl (C=O) groups excluding carboxylic acids is 2. The molecule has 1 fully saturated rings.